The van der Waals surface area contributed by atoms with Gasteiger partial charge in [0.15, 0.2) is 5.82 Å². The number of hydrogen-bond donors (Lipinski definition) is 1. The molecule has 0 radical (unpaired) electrons. The van der Waals surface area contributed by atoms with E-state index in [0.29, 0.717) is 23.8 Å². The molecule has 1 amide bonds. The summed E-state index contributed by atoms with van der Waals surface area (Å²) in [7, 11) is 0. The standard InChI is InChI=1S/C14H18N4O/c1-10(2)8-16-14(19)12-9-17-18(11(12)3)13-6-4-5-7-15-13/h4-7,9-10H,8H2,1-3H3,(H,16,19). The van der Waals surface area contributed by atoms with E-state index in [1.807, 2.05) is 25.1 Å². The van der Waals surface area contributed by atoms with E-state index in [4.69, 9.17) is 0 Å². The number of carbonyl (C=O) groups excluding carboxylic acids is 1. The third kappa shape index (κ3) is 2.99. The summed E-state index contributed by atoms with van der Waals surface area (Å²) >= 11 is 0. The van der Waals surface area contributed by atoms with Crippen molar-refractivity contribution in [3.05, 3.63) is 41.9 Å². The number of nitrogens with one attached hydrogen (secondary N) is 1. The minimum Gasteiger partial charge on any atom is -0.352 e. The molecule has 0 unspecified atom stereocenters. The summed E-state index contributed by atoms with van der Waals surface area (Å²) in [5.74, 6) is 1.05. The maximum absolute atomic E-state index is 12.0. The van der Waals surface area contributed by atoms with Gasteiger partial charge < -0.3 is 5.32 Å². The Labute approximate surface area is 112 Å². The summed E-state index contributed by atoms with van der Waals surface area (Å²) in [5.41, 5.74) is 1.38. The van der Waals surface area contributed by atoms with Crippen molar-refractivity contribution in [3.8, 4) is 5.82 Å². The molecule has 0 fully saturated rings. The van der Waals surface area contributed by atoms with Crippen molar-refractivity contribution in [2.45, 2.75) is 20.8 Å². The Morgan fingerprint density at radius 1 is 1.42 bits per heavy atom. The second-order valence-corrected chi connectivity index (χ2v) is 4.85. The van der Waals surface area contributed by atoms with Crippen molar-refractivity contribution in [3.63, 3.8) is 0 Å². The van der Waals surface area contributed by atoms with Crippen LogP contribution in [-0.2, 0) is 0 Å². The molecule has 0 atom stereocenters. The van der Waals surface area contributed by atoms with Gasteiger partial charge in [0, 0.05) is 12.7 Å². The van der Waals surface area contributed by atoms with E-state index in [1.54, 1.807) is 17.1 Å². The molecule has 5 nitrogen and oxygen atoms in total. The minimum atomic E-state index is -0.0895. The predicted molar refractivity (Wildman–Crippen MR) is 73.3 cm³/mol. The molecule has 5 heteroatoms. The van der Waals surface area contributed by atoms with Gasteiger partial charge in [-0.05, 0) is 25.0 Å². The SMILES string of the molecule is Cc1c(C(=O)NCC(C)C)cnn1-c1ccccn1. The Balaban J connectivity index is 2.21. The highest BCUT2D eigenvalue weighted by atomic mass is 16.1. The number of nitrogens with zero attached hydrogens (tertiary/aromatic N) is 3. The highest BCUT2D eigenvalue weighted by molar-refractivity contribution is 5.95. The Kier molecular flexibility index (Phi) is 3.94. The molecule has 0 aliphatic heterocycles. The van der Waals surface area contributed by atoms with E-state index in [-0.39, 0.29) is 5.91 Å². The highest BCUT2D eigenvalue weighted by Gasteiger charge is 2.15. The molecular weight excluding hydrogens is 240 g/mol. The van der Waals surface area contributed by atoms with Gasteiger partial charge in [0.2, 0.25) is 0 Å². The zero-order valence-corrected chi connectivity index (χ0v) is 11.4. The van der Waals surface area contributed by atoms with Crippen LogP contribution in [0.25, 0.3) is 5.82 Å². The van der Waals surface area contributed by atoms with Crippen molar-refractivity contribution in [2.24, 2.45) is 5.92 Å². The third-order valence-corrected chi connectivity index (χ3v) is 2.79. The van der Waals surface area contributed by atoms with E-state index in [2.05, 4.69) is 29.2 Å². The summed E-state index contributed by atoms with van der Waals surface area (Å²) in [5, 5.41) is 7.12. The van der Waals surface area contributed by atoms with E-state index >= 15 is 0 Å². The van der Waals surface area contributed by atoms with Crippen LogP contribution in [0.2, 0.25) is 0 Å². The monoisotopic (exact) mass is 258 g/mol. The Morgan fingerprint density at radius 3 is 2.84 bits per heavy atom. The molecule has 0 bridgehead atoms. The molecule has 0 saturated heterocycles. The lowest BCUT2D eigenvalue weighted by atomic mass is 10.2. The number of rotatable bonds is 4. The van der Waals surface area contributed by atoms with Gasteiger partial charge in [-0.25, -0.2) is 9.67 Å². The number of hydrogen-bond acceptors (Lipinski definition) is 3. The van der Waals surface area contributed by atoms with E-state index < -0.39 is 0 Å². The van der Waals surface area contributed by atoms with E-state index in [9.17, 15) is 4.79 Å². The zero-order valence-electron chi connectivity index (χ0n) is 11.4. The molecule has 0 spiro atoms. The van der Waals surface area contributed by atoms with Gasteiger partial charge in [0.1, 0.15) is 0 Å². The molecule has 2 heterocycles. The van der Waals surface area contributed by atoms with Gasteiger partial charge in [0.05, 0.1) is 17.5 Å². The molecule has 1 N–H and O–H groups in total. The third-order valence-electron chi connectivity index (χ3n) is 2.79. The lowest BCUT2D eigenvalue weighted by Gasteiger charge is -2.07. The molecule has 0 aliphatic carbocycles. The lowest BCUT2D eigenvalue weighted by Crippen LogP contribution is -2.27. The van der Waals surface area contributed by atoms with Crippen LogP contribution in [0.15, 0.2) is 30.6 Å². The van der Waals surface area contributed by atoms with Gasteiger partial charge in [0.25, 0.3) is 5.91 Å². The Hall–Kier alpha value is -2.17. The average molecular weight is 258 g/mol. The van der Waals surface area contributed by atoms with Crippen LogP contribution in [-0.4, -0.2) is 27.2 Å². The number of amides is 1. The van der Waals surface area contributed by atoms with Crippen molar-refractivity contribution < 1.29 is 4.79 Å². The second kappa shape index (κ2) is 5.65. The first-order valence-electron chi connectivity index (χ1n) is 6.34. The fourth-order valence-corrected chi connectivity index (χ4v) is 1.73. The summed E-state index contributed by atoms with van der Waals surface area (Å²) in [6.07, 6.45) is 3.29. The quantitative estimate of drug-likeness (QED) is 0.912. The largest absolute Gasteiger partial charge is 0.352 e. The van der Waals surface area contributed by atoms with Crippen molar-refractivity contribution in [2.75, 3.05) is 6.54 Å². The molecule has 100 valence electrons. The Morgan fingerprint density at radius 2 is 2.21 bits per heavy atom. The zero-order chi connectivity index (χ0) is 13.8. The van der Waals surface area contributed by atoms with Gasteiger partial charge in [-0.3, -0.25) is 4.79 Å². The molecule has 2 rings (SSSR count). The van der Waals surface area contributed by atoms with Crippen LogP contribution in [0.5, 0.6) is 0 Å². The van der Waals surface area contributed by atoms with Gasteiger partial charge in [-0.15, -0.1) is 0 Å². The van der Waals surface area contributed by atoms with Crippen LogP contribution in [0, 0.1) is 12.8 Å². The van der Waals surface area contributed by atoms with Crippen LogP contribution in [0.3, 0.4) is 0 Å². The van der Waals surface area contributed by atoms with Gasteiger partial charge in [-0.1, -0.05) is 19.9 Å². The maximum Gasteiger partial charge on any atom is 0.254 e. The summed E-state index contributed by atoms with van der Waals surface area (Å²) in [6, 6.07) is 5.59. The first-order valence-corrected chi connectivity index (χ1v) is 6.34. The molecular formula is C14H18N4O. The Bertz CT molecular complexity index is 560. The average Bonchev–Trinajstić information content (AvgIpc) is 2.79. The number of carbonyl (C=O) groups is 1. The fraction of sp³-hybridized carbons (Fsp3) is 0.357. The lowest BCUT2D eigenvalue weighted by molar-refractivity contribution is 0.0948. The first-order chi connectivity index (χ1) is 9.09. The molecule has 0 aromatic carbocycles. The van der Waals surface area contributed by atoms with E-state index in [1.165, 1.54) is 0 Å². The molecule has 0 aliphatic rings. The molecule has 19 heavy (non-hydrogen) atoms. The summed E-state index contributed by atoms with van der Waals surface area (Å²) in [6.45, 7) is 6.65. The predicted octanol–water partition coefficient (Wildman–Crippen LogP) is 1.96. The van der Waals surface area contributed by atoms with Crippen molar-refractivity contribution >= 4 is 5.91 Å². The first kappa shape index (κ1) is 13.3. The van der Waals surface area contributed by atoms with Crippen molar-refractivity contribution in [1.29, 1.82) is 0 Å². The number of pyridine rings is 1. The van der Waals surface area contributed by atoms with Crippen LogP contribution < -0.4 is 5.32 Å². The van der Waals surface area contributed by atoms with Gasteiger partial charge >= 0.3 is 0 Å². The van der Waals surface area contributed by atoms with E-state index in [0.717, 1.165) is 5.69 Å². The highest BCUT2D eigenvalue weighted by Crippen LogP contribution is 2.11. The molecule has 2 aromatic heterocycles. The topological polar surface area (TPSA) is 59.8 Å². The van der Waals surface area contributed by atoms with Crippen molar-refractivity contribution in [1.82, 2.24) is 20.1 Å². The van der Waals surface area contributed by atoms with Gasteiger partial charge in [-0.2, -0.15) is 5.10 Å². The molecule has 2 aromatic rings. The second-order valence-electron chi connectivity index (χ2n) is 4.85. The number of aromatic nitrogens is 3. The van der Waals surface area contributed by atoms with Crippen LogP contribution >= 0.6 is 0 Å². The molecule has 0 saturated carbocycles. The smallest absolute Gasteiger partial charge is 0.254 e. The van der Waals surface area contributed by atoms with Crippen LogP contribution in [0.4, 0.5) is 0 Å². The minimum absolute atomic E-state index is 0.0895. The van der Waals surface area contributed by atoms with Crippen LogP contribution in [0.1, 0.15) is 29.9 Å². The normalized spacial score (nSPS) is 10.7. The summed E-state index contributed by atoms with van der Waals surface area (Å²) < 4.78 is 1.67. The fourth-order valence-electron chi connectivity index (χ4n) is 1.73. The summed E-state index contributed by atoms with van der Waals surface area (Å²) in [4.78, 5) is 16.3. The maximum atomic E-state index is 12.0.